The molecule has 0 fully saturated rings. The Labute approximate surface area is 157 Å². The van der Waals surface area contributed by atoms with Gasteiger partial charge in [-0.2, -0.15) is 0 Å². The van der Waals surface area contributed by atoms with Crippen LogP contribution in [0, 0.1) is 0 Å². The number of carbonyl (C=O) groups is 1. The maximum absolute atomic E-state index is 12.3. The van der Waals surface area contributed by atoms with Gasteiger partial charge in [-0.1, -0.05) is 34.1 Å². The van der Waals surface area contributed by atoms with Gasteiger partial charge in [0.2, 0.25) is 5.91 Å². The zero-order valence-corrected chi connectivity index (χ0v) is 16.2. The number of nitrogen functional groups attached to an aromatic ring is 1. The average molecular weight is 414 g/mol. The van der Waals surface area contributed by atoms with Crippen LogP contribution in [0.2, 0.25) is 0 Å². The number of hydrogen-bond acceptors (Lipinski definition) is 3. The van der Waals surface area contributed by atoms with E-state index in [0.717, 1.165) is 27.0 Å². The molecule has 0 radical (unpaired) electrons. The smallest absolute Gasteiger partial charge is 0.222 e. The standard InChI is InChI=1S/C18H21BrN2O2.ClH/c1-21(12-14-11-15(19)8-9-17(14)23-2)18(22)10-7-13-5-3-4-6-16(13)20;/h3-6,8-9,11H,7,10,12,20H2,1-2H3;1H. The zero-order chi connectivity index (χ0) is 16.8. The van der Waals surface area contributed by atoms with Crippen LogP contribution in [0.5, 0.6) is 5.75 Å². The van der Waals surface area contributed by atoms with Crippen LogP contribution in [0.4, 0.5) is 5.69 Å². The number of nitrogens with two attached hydrogens (primary N) is 1. The highest BCUT2D eigenvalue weighted by Gasteiger charge is 2.13. The number of carbonyl (C=O) groups excluding carboxylic acids is 1. The van der Waals surface area contributed by atoms with E-state index in [1.807, 2.05) is 42.5 Å². The first kappa shape index (κ1) is 20.3. The summed E-state index contributed by atoms with van der Waals surface area (Å²) in [6, 6.07) is 13.4. The first-order valence-corrected chi connectivity index (χ1v) is 8.20. The molecule has 2 aromatic rings. The normalized spacial score (nSPS) is 9.96. The van der Waals surface area contributed by atoms with Crippen molar-refractivity contribution in [3.63, 3.8) is 0 Å². The third kappa shape index (κ3) is 5.42. The van der Waals surface area contributed by atoms with Crippen LogP contribution in [0.1, 0.15) is 17.5 Å². The molecule has 0 spiro atoms. The van der Waals surface area contributed by atoms with Crippen LogP contribution in [0.15, 0.2) is 46.9 Å². The van der Waals surface area contributed by atoms with Crippen molar-refractivity contribution in [2.24, 2.45) is 0 Å². The van der Waals surface area contributed by atoms with Gasteiger partial charge in [0.15, 0.2) is 0 Å². The van der Waals surface area contributed by atoms with Crippen LogP contribution in [-0.4, -0.2) is 25.0 Å². The lowest BCUT2D eigenvalue weighted by atomic mass is 10.1. The fourth-order valence-corrected chi connectivity index (χ4v) is 2.82. The van der Waals surface area contributed by atoms with E-state index in [9.17, 15) is 4.79 Å². The van der Waals surface area contributed by atoms with Gasteiger partial charge < -0.3 is 15.4 Å². The van der Waals surface area contributed by atoms with Gasteiger partial charge in [-0.25, -0.2) is 0 Å². The molecule has 24 heavy (non-hydrogen) atoms. The van der Waals surface area contributed by atoms with Crippen molar-refractivity contribution in [3.05, 3.63) is 58.1 Å². The largest absolute Gasteiger partial charge is 0.496 e. The minimum Gasteiger partial charge on any atom is -0.496 e. The van der Waals surface area contributed by atoms with E-state index in [4.69, 9.17) is 10.5 Å². The number of amides is 1. The van der Waals surface area contributed by atoms with E-state index < -0.39 is 0 Å². The zero-order valence-electron chi connectivity index (χ0n) is 13.8. The Kier molecular flexibility index (Phi) is 8.08. The van der Waals surface area contributed by atoms with Gasteiger partial charge in [0.1, 0.15) is 5.75 Å². The molecule has 0 aliphatic heterocycles. The van der Waals surface area contributed by atoms with Crippen LogP contribution < -0.4 is 10.5 Å². The highest BCUT2D eigenvalue weighted by molar-refractivity contribution is 9.10. The van der Waals surface area contributed by atoms with Crippen molar-refractivity contribution in [2.75, 3.05) is 19.9 Å². The molecule has 0 aromatic heterocycles. The Morgan fingerprint density at radius 1 is 1.21 bits per heavy atom. The fourth-order valence-electron chi connectivity index (χ4n) is 2.41. The number of para-hydroxylation sites is 1. The lowest BCUT2D eigenvalue weighted by Gasteiger charge is -2.19. The summed E-state index contributed by atoms with van der Waals surface area (Å²) in [7, 11) is 3.43. The molecule has 0 saturated carbocycles. The number of anilines is 1. The van der Waals surface area contributed by atoms with E-state index in [2.05, 4.69) is 15.9 Å². The van der Waals surface area contributed by atoms with Gasteiger partial charge in [-0.15, -0.1) is 12.4 Å². The summed E-state index contributed by atoms with van der Waals surface area (Å²) in [4.78, 5) is 14.1. The van der Waals surface area contributed by atoms with Gasteiger partial charge in [0.25, 0.3) is 0 Å². The summed E-state index contributed by atoms with van der Waals surface area (Å²) < 4.78 is 6.31. The summed E-state index contributed by atoms with van der Waals surface area (Å²) in [6.07, 6.45) is 1.08. The second-order valence-corrected chi connectivity index (χ2v) is 6.32. The minimum absolute atomic E-state index is 0. The van der Waals surface area contributed by atoms with Crippen molar-refractivity contribution in [1.82, 2.24) is 4.90 Å². The molecule has 0 saturated heterocycles. The molecule has 4 nitrogen and oxygen atoms in total. The molecule has 130 valence electrons. The summed E-state index contributed by atoms with van der Waals surface area (Å²) in [6.45, 7) is 0.506. The topological polar surface area (TPSA) is 55.6 Å². The second-order valence-electron chi connectivity index (χ2n) is 5.40. The summed E-state index contributed by atoms with van der Waals surface area (Å²) in [5.41, 5.74) is 8.63. The number of rotatable bonds is 6. The van der Waals surface area contributed by atoms with E-state index in [1.54, 1.807) is 19.1 Å². The van der Waals surface area contributed by atoms with Gasteiger partial charge in [0.05, 0.1) is 7.11 Å². The third-order valence-corrected chi connectivity index (χ3v) is 4.23. The Morgan fingerprint density at radius 3 is 2.58 bits per heavy atom. The Bertz CT molecular complexity index is 694. The maximum atomic E-state index is 12.3. The minimum atomic E-state index is 0. The summed E-state index contributed by atoms with van der Waals surface area (Å²) in [5.74, 6) is 0.857. The lowest BCUT2D eigenvalue weighted by molar-refractivity contribution is -0.130. The van der Waals surface area contributed by atoms with E-state index in [1.165, 1.54) is 0 Å². The molecule has 0 aliphatic rings. The molecule has 0 aliphatic carbocycles. The van der Waals surface area contributed by atoms with Crippen LogP contribution in [0.3, 0.4) is 0 Å². The van der Waals surface area contributed by atoms with E-state index >= 15 is 0 Å². The number of benzene rings is 2. The van der Waals surface area contributed by atoms with Crippen molar-refractivity contribution in [2.45, 2.75) is 19.4 Å². The van der Waals surface area contributed by atoms with E-state index in [0.29, 0.717) is 19.4 Å². The molecule has 0 bridgehead atoms. The number of hydrogen-bond donors (Lipinski definition) is 1. The molecule has 6 heteroatoms. The monoisotopic (exact) mass is 412 g/mol. The fraction of sp³-hybridized carbons (Fsp3) is 0.278. The Balaban J connectivity index is 0.00000288. The van der Waals surface area contributed by atoms with Gasteiger partial charge in [0, 0.05) is 35.7 Å². The molecule has 0 unspecified atom stereocenters. The molecule has 0 heterocycles. The predicted octanol–water partition coefficient (Wildman–Crippen LogP) is 4.05. The number of aryl methyl sites for hydroxylation is 1. The molecule has 0 atom stereocenters. The number of methoxy groups -OCH3 is 1. The SMILES string of the molecule is COc1ccc(Br)cc1CN(C)C(=O)CCc1ccccc1N.Cl. The first-order chi connectivity index (χ1) is 11.0. The second kappa shape index (κ2) is 9.55. The Morgan fingerprint density at radius 2 is 1.92 bits per heavy atom. The number of halogens is 2. The van der Waals surface area contributed by atoms with E-state index in [-0.39, 0.29) is 18.3 Å². The van der Waals surface area contributed by atoms with Crippen LogP contribution in [0.25, 0.3) is 0 Å². The molecular weight excluding hydrogens is 392 g/mol. The average Bonchev–Trinajstić information content (AvgIpc) is 2.54. The lowest BCUT2D eigenvalue weighted by Crippen LogP contribution is -2.26. The highest BCUT2D eigenvalue weighted by atomic mass is 79.9. The van der Waals surface area contributed by atoms with Gasteiger partial charge in [-0.3, -0.25) is 4.79 Å². The molecule has 2 N–H and O–H groups in total. The van der Waals surface area contributed by atoms with Gasteiger partial charge >= 0.3 is 0 Å². The van der Waals surface area contributed by atoms with Crippen molar-refractivity contribution in [1.29, 1.82) is 0 Å². The molecule has 1 amide bonds. The van der Waals surface area contributed by atoms with Crippen molar-refractivity contribution < 1.29 is 9.53 Å². The molecular formula is C18H22BrClN2O2. The summed E-state index contributed by atoms with van der Waals surface area (Å²) >= 11 is 3.45. The maximum Gasteiger partial charge on any atom is 0.222 e. The summed E-state index contributed by atoms with van der Waals surface area (Å²) in [5, 5.41) is 0. The van der Waals surface area contributed by atoms with Crippen LogP contribution in [-0.2, 0) is 17.8 Å². The quantitative estimate of drug-likeness (QED) is 0.727. The third-order valence-electron chi connectivity index (χ3n) is 3.74. The van der Waals surface area contributed by atoms with Crippen molar-refractivity contribution in [3.8, 4) is 5.75 Å². The molecule has 2 aromatic carbocycles. The van der Waals surface area contributed by atoms with Crippen molar-refractivity contribution >= 4 is 39.9 Å². The predicted molar refractivity (Wildman–Crippen MR) is 104 cm³/mol. The Hall–Kier alpha value is -1.72. The highest BCUT2D eigenvalue weighted by Crippen LogP contribution is 2.24. The first-order valence-electron chi connectivity index (χ1n) is 7.41. The molecule has 2 rings (SSSR count). The van der Waals surface area contributed by atoms with Crippen LogP contribution >= 0.6 is 28.3 Å². The number of ether oxygens (including phenoxy) is 1. The number of nitrogens with zero attached hydrogens (tertiary/aromatic N) is 1. The van der Waals surface area contributed by atoms with Gasteiger partial charge in [-0.05, 0) is 36.2 Å².